The van der Waals surface area contributed by atoms with Gasteiger partial charge in [-0.2, -0.15) is 0 Å². The molecule has 1 fully saturated rings. The van der Waals surface area contributed by atoms with Gasteiger partial charge in [0.05, 0.1) is 17.7 Å². The summed E-state index contributed by atoms with van der Waals surface area (Å²) in [6, 6.07) is 11.3. The number of alkyl halides is 1. The second-order valence-electron chi connectivity index (χ2n) is 11.5. The Balaban J connectivity index is 1.59. The molecular formula is C29H35F2N3O2Si. The lowest BCUT2D eigenvalue weighted by atomic mass is 9.64. The molecule has 3 aromatic rings. The predicted molar refractivity (Wildman–Crippen MR) is 145 cm³/mol. The highest BCUT2D eigenvalue weighted by Crippen LogP contribution is 2.46. The fourth-order valence-corrected chi connectivity index (χ4v) is 5.25. The van der Waals surface area contributed by atoms with Crippen molar-refractivity contribution in [2.24, 2.45) is 0 Å². The maximum absolute atomic E-state index is 14.1. The predicted octanol–water partition coefficient (Wildman–Crippen LogP) is 7.12. The highest BCUT2D eigenvalue weighted by Gasteiger charge is 2.53. The number of pyridine rings is 2. The SMILES string of the molecule is Cc1cc(CO[Si](C)(C)C(C)(C)C)c(-c2ccc(C3(C(=O)Nc4ccc(F)cc4)CC(F)C3)nc2)cn1. The monoisotopic (exact) mass is 523 g/mol. The number of carbonyl (C=O) groups excluding carboxylic acids is 1. The number of hydrogen-bond acceptors (Lipinski definition) is 4. The number of aromatic nitrogens is 2. The summed E-state index contributed by atoms with van der Waals surface area (Å²) in [5, 5.41) is 2.90. The number of amides is 1. The summed E-state index contributed by atoms with van der Waals surface area (Å²) >= 11 is 0. The quantitative estimate of drug-likeness (QED) is 0.335. The Morgan fingerprint density at radius 3 is 2.35 bits per heavy atom. The first-order chi connectivity index (χ1) is 17.3. The minimum atomic E-state index is -1.95. The van der Waals surface area contributed by atoms with Gasteiger partial charge < -0.3 is 9.74 Å². The van der Waals surface area contributed by atoms with Gasteiger partial charge in [0.25, 0.3) is 0 Å². The number of aryl methyl sites for hydroxylation is 1. The van der Waals surface area contributed by atoms with Gasteiger partial charge in [0.15, 0.2) is 8.32 Å². The van der Waals surface area contributed by atoms with E-state index < -0.39 is 25.7 Å². The summed E-state index contributed by atoms with van der Waals surface area (Å²) in [4.78, 5) is 22.3. The summed E-state index contributed by atoms with van der Waals surface area (Å²) in [5.41, 5.74) is 3.63. The summed E-state index contributed by atoms with van der Waals surface area (Å²) in [7, 11) is -1.95. The van der Waals surface area contributed by atoms with E-state index >= 15 is 0 Å². The van der Waals surface area contributed by atoms with Gasteiger partial charge in [0.1, 0.15) is 12.0 Å². The van der Waals surface area contributed by atoms with Crippen LogP contribution in [-0.4, -0.2) is 30.4 Å². The number of hydrogen-bond donors (Lipinski definition) is 1. The van der Waals surface area contributed by atoms with Crippen molar-refractivity contribution in [2.45, 2.75) is 76.9 Å². The molecule has 0 saturated heterocycles. The van der Waals surface area contributed by atoms with Gasteiger partial charge in [0, 0.05) is 34.9 Å². The van der Waals surface area contributed by atoms with Gasteiger partial charge in [0.2, 0.25) is 5.91 Å². The van der Waals surface area contributed by atoms with Gasteiger partial charge in [-0.25, -0.2) is 8.78 Å². The third kappa shape index (κ3) is 5.65. The van der Waals surface area contributed by atoms with Gasteiger partial charge in [-0.1, -0.05) is 26.8 Å². The molecule has 2 aromatic heterocycles. The molecule has 37 heavy (non-hydrogen) atoms. The fourth-order valence-electron chi connectivity index (χ4n) is 4.30. The molecule has 1 saturated carbocycles. The first-order valence-electron chi connectivity index (χ1n) is 12.6. The molecule has 1 aliphatic carbocycles. The normalized spacial score (nSPS) is 19.8. The molecule has 5 nitrogen and oxygen atoms in total. The topological polar surface area (TPSA) is 64.1 Å². The van der Waals surface area contributed by atoms with E-state index in [1.54, 1.807) is 12.3 Å². The Bertz CT molecular complexity index is 1270. The van der Waals surface area contributed by atoms with Crippen LogP contribution in [0.3, 0.4) is 0 Å². The molecule has 0 atom stereocenters. The average molecular weight is 524 g/mol. The number of rotatable bonds is 7. The molecule has 1 aliphatic rings. The Morgan fingerprint density at radius 1 is 1.11 bits per heavy atom. The van der Waals surface area contributed by atoms with Crippen molar-refractivity contribution in [1.29, 1.82) is 0 Å². The Kier molecular flexibility index (Phi) is 7.36. The molecule has 2 heterocycles. The van der Waals surface area contributed by atoms with E-state index in [0.29, 0.717) is 18.0 Å². The highest BCUT2D eigenvalue weighted by atomic mass is 28.4. The summed E-state index contributed by atoms with van der Waals surface area (Å²) < 4.78 is 33.8. The van der Waals surface area contributed by atoms with Gasteiger partial charge >= 0.3 is 0 Å². The largest absolute Gasteiger partial charge is 0.413 e. The zero-order chi connectivity index (χ0) is 27.0. The summed E-state index contributed by atoms with van der Waals surface area (Å²) in [6.07, 6.45) is 2.60. The van der Waals surface area contributed by atoms with Crippen molar-refractivity contribution >= 4 is 19.9 Å². The van der Waals surface area contributed by atoms with Crippen LogP contribution >= 0.6 is 0 Å². The molecule has 1 amide bonds. The van der Waals surface area contributed by atoms with Gasteiger partial charge in [-0.15, -0.1) is 0 Å². The lowest BCUT2D eigenvalue weighted by Crippen LogP contribution is -2.52. The van der Waals surface area contributed by atoms with E-state index in [9.17, 15) is 13.6 Å². The number of carbonyl (C=O) groups is 1. The molecule has 0 bridgehead atoms. The third-order valence-electron chi connectivity index (χ3n) is 7.76. The van der Waals surface area contributed by atoms with Crippen LogP contribution in [0.25, 0.3) is 11.1 Å². The van der Waals surface area contributed by atoms with E-state index in [-0.39, 0.29) is 23.8 Å². The van der Waals surface area contributed by atoms with Crippen molar-refractivity contribution in [2.75, 3.05) is 5.32 Å². The zero-order valence-corrected chi connectivity index (χ0v) is 23.4. The molecule has 0 unspecified atom stereocenters. The van der Waals surface area contributed by atoms with E-state index in [0.717, 1.165) is 22.4 Å². The number of nitrogens with zero attached hydrogens (tertiary/aromatic N) is 2. The first-order valence-corrected chi connectivity index (χ1v) is 15.5. The van der Waals surface area contributed by atoms with Crippen LogP contribution in [0.5, 0.6) is 0 Å². The maximum atomic E-state index is 14.1. The molecular weight excluding hydrogens is 488 g/mol. The average Bonchev–Trinajstić information content (AvgIpc) is 2.81. The summed E-state index contributed by atoms with van der Waals surface area (Å²) in [6.45, 7) is 13.5. The maximum Gasteiger partial charge on any atom is 0.236 e. The van der Waals surface area contributed by atoms with Crippen molar-refractivity contribution in [3.8, 4) is 11.1 Å². The molecule has 1 N–H and O–H groups in total. The second-order valence-corrected chi connectivity index (χ2v) is 16.3. The Labute approximate surface area is 218 Å². The number of benzene rings is 1. The molecule has 196 valence electrons. The molecule has 0 spiro atoms. The standard InChI is InChI=1S/C29H35F2N3O2Si/c1-19-13-21(18-36-37(5,6)28(2,3)4)25(17-32-19)20-7-12-26(33-16-20)29(14-23(31)15-29)27(35)34-24-10-8-22(30)9-11-24/h7-13,16-17,23H,14-15,18H2,1-6H3,(H,34,35). The number of anilines is 1. The molecule has 4 rings (SSSR count). The van der Waals surface area contributed by atoms with E-state index in [2.05, 4.69) is 49.1 Å². The lowest BCUT2D eigenvalue weighted by Gasteiger charge is -2.42. The van der Waals surface area contributed by atoms with Crippen molar-refractivity contribution in [1.82, 2.24) is 9.97 Å². The Hall–Kier alpha value is -2.97. The molecule has 0 aliphatic heterocycles. The third-order valence-corrected chi connectivity index (χ3v) is 12.2. The van der Waals surface area contributed by atoms with Gasteiger partial charge in [-0.05, 0) is 79.9 Å². The first kappa shape index (κ1) is 27.1. The van der Waals surface area contributed by atoms with Crippen LogP contribution in [0.15, 0.2) is 54.9 Å². The minimum Gasteiger partial charge on any atom is -0.413 e. The van der Waals surface area contributed by atoms with Crippen LogP contribution < -0.4 is 5.32 Å². The van der Waals surface area contributed by atoms with Crippen molar-refractivity contribution in [3.05, 3.63) is 77.6 Å². The van der Waals surface area contributed by atoms with E-state index in [1.807, 2.05) is 25.3 Å². The number of nitrogens with one attached hydrogen (secondary N) is 1. The van der Waals surface area contributed by atoms with E-state index in [1.165, 1.54) is 24.3 Å². The highest BCUT2D eigenvalue weighted by molar-refractivity contribution is 6.74. The lowest BCUT2D eigenvalue weighted by molar-refractivity contribution is -0.127. The smallest absolute Gasteiger partial charge is 0.236 e. The van der Waals surface area contributed by atoms with Crippen molar-refractivity contribution < 1.29 is 18.0 Å². The summed E-state index contributed by atoms with van der Waals surface area (Å²) in [5.74, 6) is -0.731. The zero-order valence-electron chi connectivity index (χ0n) is 22.4. The second kappa shape index (κ2) is 10.1. The van der Waals surface area contributed by atoms with Crippen molar-refractivity contribution in [3.63, 3.8) is 0 Å². The van der Waals surface area contributed by atoms with Crippen LogP contribution in [0.2, 0.25) is 18.1 Å². The molecule has 1 aromatic carbocycles. The van der Waals surface area contributed by atoms with Crippen LogP contribution in [0.4, 0.5) is 14.5 Å². The molecule has 0 radical (unpaired) electrons. The van der Waals surface area contributed by atoms with Crippen LogP contribution in [-0.2, 0) is 21.2 Å². The molecule has 8 heteroatoms. The minimum absolute atomic E-state index is 0.0596. The van der Waals surface area contributed by atoms with Crippen LogP contribution in [0, 0.1) is 12.7 Å². The van der Waals surface area contributed by atoms with Crippen LogP contribution in [0.1, 0.15) is 50.6 Å². The van der Waals surface area contributed by atoms with Gasteiger partial charge in [-0.3, -0.25) is 14.8 Å². The number of halogens is 2. The van der Waals surface area contributed by atoms with E-state index in [4.69, 9.17) is 4.43 Å². The Morgan fingerprint density at radius 2 is 1.78 bits per heavy atom. The fraction of sp³-hybridized carbons (Fsp3) is 0.414.